The number of hydrogen-bond acceptors (Lipinski definition) is 4. The van der Waals surface area contributed by atoms with Gasteiger partial charge in [0.1, 0.15) is 0 Å². The van der Waals surface area contributed by atoms with Gasteiger partial charge in [0.2, 0.25) is 0 Å². The van der Waals surface area contributed by atoms with Crippen molar-refractivity contribution in [3.63, 3.8) is 0 Å². The molecule has 3 nitrogen and oxygen atoms in total. The lowest BCUT2D eigenvalue weighted by atomic mass is 9.98. The smallest absolute Gasteiger partial charge is 0.161 e. The van der Waals surface area contributed by atoms with Crippen LogP contribution in [0.4, 0.5) is 0 Å². The monoisotopic (exact) mass is 329 g/mol. The molecule has 0 bridgehead atoms. The largest absolute Gasteiger partial charge is 0.493 e. The zero-order valence-electron chi connectivity index (χ0n) is 14.0. The molecule has 0 aliphatic carbocycles. The summed E-state index contributed by atoms with van der Waals surface area (Å²) in [5.41, 5.74) is 4.08. The van der Waals surface area contributed by atoms with Crippen molar-refractivity contribution in [1.29, 1.82) is 0 Å². The van der Waals surface area contributed by atoms with Gasteiger partial charge in [-0.15, -0.1) is 11.8 Å². The molecule has 2 aromatic carbocycles. The van der Waals surface area contributed by atoms with Crippen LogP contribution in [-0.2, 0) is 19.5 Å². The van der Waals surface area contributed by atoms with Crippen molar-refractivity contribution < 1.29 is 9.47 Å². The molecular weight excluding hydrogens is 306 g/mol. The van der Waals surface area contributed by atoms with Crippen LogP contribution in [-0.4, -0.2) is 31.9 Å². The van der Waals surface area contributed by atoms with Crippen molar-refractivity contribution in [3.8, 4) is 11.5 Å². The van der Waals surface area contributed by atoms with Gasteiger partial charge < -0.3 is 9.47 Å². The Bertz CT molecular complexity index is 670. The quantitative estimate of drug-likeness (QED) is 0.773. The third-order valence-corrected chi connectivity index (χ3v) is 5.11. The minimum absolute atomic E-state index is 0.817. The average Bonchev–Trinajstić information content (AvgIpc) is 2.61. The first-order valence-electron chi connectivity index (χ1n) is 7.82. The minimum Gasteiger partial charge on any atom is -0.493 e. The maximum atomic E-state index is 5.44. The fraction of sp³-hybridized carbons (Fsp3) is 0.368. The lowest BCUT2D eigenvalue weighted by molar-refractivity contribution is 0.244. The number of methoxy groups -OCH3 is 2. The van der Waals surface area contributed by atoms with E-state index in [-0.39, 0.29) is 0 Å². The van der Waals surface area contributed by atoms with Gasteiger partial charge in [0.25, 0.3) is 0 Å². The Kier molecular flexibility index (Phi) is 5.13. The van der Waals surface area contributed by atoms with E-state index in [2.05, 4.69) is 47.6 Å². The van der Waals surface area contributed by atoms with Crippen LogP contribution in [0.5, 0.6) is 11.5 Å². The van der Waals surface area contributed by atoms with Crippen molar-refractivity contribution in [3.05, 3.63) is 53.1 Å². The Balaban J connectivity index is 1.74. The zero-order valence-corrected chi connectivity index (χ0v) is 14.8. The molecule has 3 rings (SSSR count). The summed E-state index contributed by atoms with van der Waals surface area (Å²) in [6.07, 6.45) is 3.16. The van der Waals surface area contributed by atoms with Crippen molar-refractivity contribution in [2.75, 3.05) is 27.0 Å². The Morgan fingerprint density at radius 3 is 2.26 bits per heavy atom. The lowest BCUT2D eigenvalue weighted by Gasteiger charge is -2.29. The zero-order chi connectivity index (χ0) is 16.2. The highest BCUT2D eigenvalue weighted by Crippen LogP contribution is 2.33. The van der Waals surface area contributed by atoms with Crippen molar-refractivity contribution in [2.45, 2.75) is 24.4 Å². The molecule has 0 amide bonds. The second kappa shape index (κ2) is 7.28. The topological polar surface area (TPSA) is 21.7 Å². The molecule has 0 radical (unpaired) electrons. The van der Waals surface area contributed by atoms with Crippen LogP contribution in [0.3, 0.4) is 0 Å². The van der Waals surface area contributed by atoms with Gasteiger partial charge in [-0.25, -0.2) is 0 Å². The van der Waals surface area contributed by atoms with Crippen LogP contribution in [0.1, 0.15) is 16.7 Å². The van der Waals surface area contributed by atoms with Crippen LogP contribution >= 0.6 is 11.8 Å². The highest BCUT2D eigenvalue weighted by Gasteiger charge is 2.19. The summed E-state index contributed by atoms with van der Waals surface area (Å²) in [4.78, 5) is 3.80. The number of hydrogen-bond donors (Lipinski definition) is 0. The summed E-state index contributed by atoms with van der Waals surface area (Å²) < 4.78 is 10.8. The van der Waals surface area contributed by atoms with E-state index in [9.17, 15) is 0 Å². The van der Waals surface area contributed by atoms with Crippen molar-refractivity contribution in [2.24, 2.45) is 0 Å². The standard InChI is InChI=1S/C19H23NO2S/c1-21-18-10-15-8-9-20(13-16(15)11-19(18)22-2)12-14-4-6-17(23-3)7-5-14/h4-7,10-11H,8-9,12-13H2,1-3H3. The number of thioether (sulfide) groups is 1. The SMILES string of the molecule is COc1cc2c(cc1OC)CN(Cc1ccc(SC)cc1)CC2. The van der Waals surface area contributed by atoms with Gasteiger partial charge >= 0.3 is 0 Å². The summed E-state index contributed by atoms with van der Waals surface area (Å²) in [5, 5.41) is 0. The van der Waals surface area contributed by atoms with E-state index in [4.69, 9.17) is 9.47 Å². The van der Waals surface area contributed by atoms with Gasteiger partial charge in [-0.05, 0) is 53.6 Å². The predicted octanol–water partition coefficient (Wildman–Crippen LogP) is 3.98. The molecule has 0 spiro atoms. The molecule has 1 aliphatic rings. The maximum absolute atomic E-state index is 5.44. The van der Waals surface area contributed by atoms with Gasteiger partial charge in [-0.1, -0.05) is 12.1 Å². The van der Waals surface area contributed by atoms with E-state index < -0.39 is 0 Å². The molecule has 1 aliphatic heterocycles. The number of benzene rings is 2. The summed E-state index contributed by atoms with van der Waals surface area (Å²) in [6.45, 7) is 3.02. The Morgan fingerprint density at radius 2 is 1.65 bits per heavy atom. The fourth-order valence-corrected chi connectivity index (χ4v) is 3.47. The van der Waals surface area contributed by atoms with E-state index in [1.54, 1.807) is 26.0 Å². The molecule has 1 heterocycles. The maximum Gasteiger partial charge on any atom is 0.161 e. The summed E-state index contributed by atoms with van der Waals surface area (Å²) in [5.74, 6) is 1.64. The summed E-state index contributed by atoms with van der Waals surface area (Å²) >= 11 is 1.78. The van der Waals surface area contributed by atoms with Gasteiger partial charge in [0.05, 0.1) is 14.2 Å². The van der Waals surface area contributed by atoms with Crippen molar-refractivity contribution >= 4 is 11.8 Å². The van der Waals surface area contributed by atoms with Crippen LogP contribution < -0.4 is 9.47 Å². The van der Waals surface area contributed by atoms with Crippen LogP contribution in [0.2, 0.25) is 0 Å². The first-order chi connectivity index (χ1) is 11.2. The first kappa shape index (κ1) is 16.2. The molecular formula is C19H23NO2S. The molecule has 0 aromatic heterocycles. The molecule has 23 heavy (non-hydrogen) atoms. The molecule has 0 saturated heterocycles. The average molecular weight is 329 g/mol. The second-order valence-electron chi connectivity index (χ2n) is 5.78. The highest BCUT2D eigenvalue weighted by atomic mass is 32.2. The molecule has 0 saturated carbocycles. The Labute approximate surface area is 142 Å². The van der Waals surface area contributed by atoms with E-state index in [1.807, 2.05) is 0 Å². The fourth-order valence-electron chi connectivity index (χ4n) is 3.07. The molecule has 2 aromatic rings. The first-order valence-corrected chi connectivity index (χ1v) is 9.05. The number of rotatable bonds is 5. The lowest BCUT2D eigenvalue weighted by Crippen LogP contribution is -2.30. The van der Waals surface area contributed by atoms with Crippen LogP contribution in [0, 0.1) is 0 Å². The third kappa shape index (κ3) is 3.65. The molecule has 0 atom stereocenters. The molecule has 0 unspecified atom stereocenters. The number of nitrogens with zero attached hydrogens (tertiary/aromatic N) is 1. The van der Waals surface area contributed by atoms with E-state index in [0.29, 0.717) is 0 Å². The van der Waals surface area contributed by atoms with Crippen molar-refractivity contribution in [1.82, 2.24) is 4.90 Å². The normalized spacial score (nSPS) is 14.4. The van der Waals surface area contributed by atoms with Gasteiger partial charge in [-0.2, -0.15) is 0 Å². The summed E-state index contributed by atoms with van der Waals surface area (Å²) in [6, 6.07) is 13.1. The minimum atomic E-state index is 0.817. The molecule has 0 fully saturated rings. The predicted molar refractivity (Wildman–Crippen MR) is 95.6 cm³/mol. The number of ether oxygens (including phenoxy) is 2. The summed E-state index contributed by atoms with van der Waals surface area (Å²) in [7, 11) is 3.38. The third-order valence-electron chi connectivity index (χ3n) is 4.36. The number of fused-ring (bicyclic) bond motifs is 1. The van der Waals surface area contributed by atoms with E-state index in [0.717, 1.165) is 37.6 Å². The molecule has 122 valence electrons. The van der Waals surface area contributed by atoms with E-state index in [1.165, 1.54) is 21.6 Å². The van der Waals surface area contributed by atoms with Crippen LogP contribution in [0.25, 0.3) is 0 Å². The van der Waals surface area contributed by atoms with Gasteiger partial charge in [0, 0.05) is 24.5 Å². The van der Waals surface area contributed by atoms with Crippen LogP contribution in [0.15, 0.2) is 41.3 Å². The van der Waals surface area contributed by atoms with Gasteiger partial charge in [0.15, 0.2) is 11.5 Å². The molecule has 4 heteroatoms. The molecule has 0 N–H and O–H groups in total. The Hall–Kier alpha value is -1.65. The Morgan fingerprint density at radius 1 is 1.00 bits per heavy atom. The highest BCUT2D eigenvalue weighted by molar-refractivity contribution is 7.98. The van der Waals surface area contributed by atoms with Gasteiger partial charge in [-0.3, -0.25) is 4.90 Å². The van der Waals surface area contributed by atoms with E-state index >= 15 is 0 Å². The second-order valence-corrected chi connectivity index (χ2v) is 6.66.